The van der Waals surface area contributed by atoms with Crippen LogP contribution < -0.4 is 0 Å². The summed E-state index contributed by atoms with van der Waals surface area (Å²) in [6.07, 6.45) is 11.2. The minimum absolute atomic E-state index is 0.0331. The van der Waals surface area contributed by atoms with E-state index in [-0.39, 0.29) is 11.8 Å². The van der Waals surface area contributed by atoms with Crippen LogP contribution in [0.15, 0.2) is 25.3 Å². The van der Waals surface area contributed by atoms with Crippen LogP contribution in [0.4, 0.5) is 0 Å². The minimum atomic E-state index is 0.0331. The Bertz CT molecular complexity index is 344. The maximum absolute atomic E-state index is 11.8. The zero-order chi connectivity index (χ0) is 18.2. The quantitative estimate of drug-likeness (QED) is 0.332. The van der Waals surface area contributed by atoms with Crippen molar-refractivity contribution in [3.63, 3.8) is 0 Å². The number of hydrogen-bond acceptors (Lipinski definition) is 2. The van der Waals surface area contributed by atoms with Crippen molar-refractivity contribution < 1.29 is 9.59 Å². The molecule has 2 amide bonds. The van der Waals surface area contributed by atoms with Gasteiger partial charge in [-0.05, 0) is 37.8 Å². The molecule has 0 aliphatic rings. The van der Waals surface area contributed by atoms with Gasteiger partial charge in [-0.2, -0.15) is 0 Å². The highest BCUT2D eigenvalue weighted by Gasteiger charge is 2.10. The predicted molar refractivity (Wildman–Crippen MR) is 102 cm³/mol. The van der Waals surface area contributed by atoms with Crippen molar-refractivity contribution >= 4 is 11.8 Å². The molecule has 0 atom stereocenters. The zero-order valence-electron chi connectivity index (χ0n) is 15.8. The highest BCUT2D eigenvalue weighted by Crippen LogP contribution is 2.07. The monoisotopic (exact) mass is 336 g/mol. The Morgan fingerprint density at radius 2 is 1.00 bits per heavy atom. The Morgan fingerprint density at radius 1 is 0.667 bits per heavy atom. The van der Waals surface area contributed by atoms with Gasteiger partial charge in [0.25, 0.3) is 0 Å². The van der Waals surface area contributed by atoms with Gasteiger partial charge in [0.1, 0.15) is 0 Å². The fourth-order valence-corrected chi connectivity index (χ4v) is 2.58. The third kappa shape index (κ3) is 10.2. The highest BCUT2D eigenvalue weighted by atomic mass is 16.2. The number of hydrogen-bond donors (Lipinski definition) is 0. The van der Waals surface area contributed by atoms with Gasteiger partial charge in [0.05, 0.1) is 0 Å². The maximum atomic E-state index is 11.8. The van der Waals surface area contributed by atoms with Gasteiger partial charge in [-0.15, -0.1) is 0 Å². The summed E-state index contributed by atoms with van der Waals surface area (Å²) in [7, 11) is 0. The molecule has 0 saturated heterocycles. The molecule has 0 aromatic rings. The molecule has 0 spiro atoms. The van der Waals surface area contributed by atoms with Crippen LogP contribution in [-0.4, -0.2) is 47.8 Å². The molecule has 0 aliphatic carbocycles. The fraction of sp³-hybridized carbons (Fsp3) is 0.700. The second-order valence-electron chi connectivity index (χ2n) is 6.18. The lowest BCUT2D eigenvalue weighted by atomic mass is 10.1. The summed E-state index contributed by atoms with van der Waals surface area (Å²) in [5.41, 5.74) is 0. The van der Waals surface area contributed by atoms with Crippen LogP contribution in [0.1, 0.15) is 65.2 Å². The van der Waals surface area contributed by atoms with Crippen LogP contribution >= 0.6 is 0 Å². The number of nitrogens with zero attached hydrogens (tertiary/aromatic N) is 2. The summed E-state index contributed by atoms with van der Waals surface area (Å²) < 4.78 is 0. The van der Waals surface area contributed by atoms with E-state index in [9.17, 15) is 9.59 Å². The van der Waals surface area contributed by atoms with E-state index in [2.05, 4.69) is 27.0 Å². The summed E-state index contributed by atoms with van der Waals surface area (Å²) in [6, 6.07) is 0. The highest BCUT2D eigenvalue weighted by molar-refractivity contribution is 5.87. The molecule has 0 aromatic heterocycles. The summed E-state index contributed by atoms with van der Waals surface area (Å²) in [5, 5.41) is 0. The Kier molecular flexibility index (Phi) is 14.0. The largest absolute Gasteiger partial charge is 0.339 e. The summed E-state index contributed by atoms with van der Waals surface area (Å²) >= 11 is 0. The smallest absolute Gasteiger partial charge is 0.245 e. The molecule has 0 unspecified atom stereocenters. The van der Waals surface area contributed by atoms with Crippen LogP contribution in [0.2, 0.25) is 0 Å². The zero-order valence-corrected chi connectivity index (χ0v) is 15.8. The molecular weight excluding hydrogens is 300 g/mol. The van der Waals surface area contributed by atoms with Crippen molar-refractivity contribution in [2.45, 2.75) is 65.2 Å². The van der Waals surface area contributed by atoms with E-state index < -0.39 is 0 Å². The Morgan fingerprint density at radius 3 is 1.29 bits per heavy atom. The van der Waals surface area contributed by atoms with Crippen molar-refractivity contribution in [1.29, 1.82) is 0 Å². The molecule has 0 radical (unpaired) electrons. The minimum Gasteiger partial charge on any atom is -0.339 e. The summed E-state index contributed by atoms with van der Waals surface area (Å²) in [5.74, 6) is 0.0662. The van der Waals surface area contributed by atoms with Gasteiger partial charge in [-0.3, -0.25) is 9.59 Å². The molecule has 0 heterocycles. The number of carbonyl (C=O) groups excluding carboxylic acids is 2. The van der Waals surface area contributed by atoms with Gasteiger partial charge in [-0.1, -0.05) is 52.7 Å². The van der Waals surface area contributed by atoms with E-state index in [0.717, 1.165) is 77.5 Å². The van der Waals surface area contributed by atoms with E-state index in [1.165, 1.54) is 12.2 Å². The van der Waals surface area contributed by atoms with Crippen molar-refractivity contribution in [2.24, 2.45) is 0 Å². The van der Waals surface area contributed by atoms with E-state index in [4.69, 9.17) is 0 Å². The van der Waals surface area contributed by atoms with E-state index in [1.807, 2.05) is 9.80 Å². The molecule has 0 N–H and O–H groups in total. The van der Waals surface area contributed by atoms with Crippen LogP contribution in [0, 0.1) is 0 Å². The third-order valence-corrected chi connectivity index (χ3v) is 4.14. The number of carbonyl (C=O) groups is 2. The van der Waals surface area contributed by atoms with E-state index in [0.29, 0.717) is 0 Å². The molecule has 4 heteroatoms. The first-order chi connectivity index (χ1) is 11.6. The second-order valence-corrected chi connectivity index (χ2v) is 6.18. The predicted octanol–water partition coefficient (Wildman–Crippen LogP) is 4.18. The first kappa shape index (κ1) is 22.4. The molecule has 0 aliphatic heterocycles. The Balaban J connectivity index is 3.99. The van der Waals surface area contributed by atoms with Crippen molar-refractivity contribution in [1.82, 2.24) is 9.80 Å². The van der Waals surface area contributed by atoms with Crippen LogP contribution in [0.3, 0.4) is 0 Å². The van der Waals surface area contributed by atoms with E-state index >= 15 is 0 Å². The van der Waals surface area contributed by atoms with Crippen molar-refractivity contribution in [2.75, 3.05) is 26.2 Å². The topological polar surface area (TPSA) is 40.6 Å². The van der Waals surface area contributed by atoms with E-state index in [1.54, 1.807) is 0 Å². The first-order valence-corrected chi connectivity index (χ1v) is 9.43. The standard InChI is InChI=1S/C20H36N2O2/c1-5-9-15-21(19(23)7-3)17-13-11-12-14-18-22(16-10-6-2)20(24)8-4/h7-8H,3-6,9-18H2,1-2H3. The Labute approximate surface area is 148 Å². The molecule has 0 rings (SSSR count). The SMILES string of the molecule is C=CC(=O)N(CCCC)CCCCCCN(CCCC)C(=O)C=C. The average Bonchev–Trinajstić information content (AvgIpc) is 2.61. The lowest BCUT2D eigenvalue weighted by Gasteiger charge is -2.22. The fourth-order valence-electron chi connectivity index (χ4n) is 2.58. The van der Waals surface area contributed by atoms with Crippen molar-refractivity contribution in [3.8, 4) is 0 Å². The molecule has 138 valence electrons. The second kappa shape index (κ2) is 15.0. The van der Waals surface area contributed by atoms with Gasteiger partial charge >= 0.3 is 0 Å². The number of amides is 2. The van der Waals surface area contributed by atoms with Gasteiger partial charge in [0, 0.05) is 26.2 Å². The van der Waals surface area contributed by atoms with Crippen LogP contribution in [0.5, 0.6) is 0 Å². The molecule has 4 nitrogen and oxygen atoms in total. The van der Waals surface area contributed by atoms with Gasteiger partial charge in [0.2, 0.25) is 11.8 Å². The molecular formula is C20H36N2O2. The van der Waals surface area contributed by atoms with Gasteiger partial charge < -0.3 is 9.80 Å². The normalized spacial score (nSPS) is 10.2. The Hall–Kier alpha value is -1.58. The summed E-state index contributed by atoms with van der Waals surface area (Å²) in [6.45, 7) is 14.7. The molecule has 0 fully saturated rings. The number of unbranched alkanes of at least 4 members (excludes halogenated alkanes) is 5. The van der Waals surface area contributed by atoms with Crippen molar-refractivity contribution in [3.05, 3.63) is 25.3 Å². The molecule has 0 saturated carbocycles. The number of rotatable bonds is 15. The average molecular weight is 337 g/mol. The van der Waals surface area contributed by atoms with Crippen LogP contribution in [-0.2, 0) is 9.59 Å². The maximum Gasteiger partial charge on any atom is 0.245 e. The van der Waals surface area contributed by atoms with Gasteiger partial charge in [-0.25, -0.2) is 0 Å². The first-order valence-electron chi connectivity index (χ1n) is 9.43. The molecule has 0 aromatic carbocycles. The van der Waals surface area contributed by atoms with Gasteiger partial charge in [0.15, 0.2) is 0 Å². The molecule has 0 bridgehead atoms. The van der Waals surface area contributed by atoms with Crippen LogP contribution in [0.25, 0.3) is 0 Å². The summed E-state index contributed by atoms with van der Waals surface area (Å²) in [4.78, 5) is 27.4. The lowest BCUT2D eigenvalue weighted by Crippen LogP contribution is -2.32. The third-order valence-electron chi connectivity index (χ3n) is 4.14. The lowest BCUT2D eigenvalue weighted by molar-refractivity contribution is -0.127. The molecule has 24 heavy (non-hydrogen) atoms.